The Hall–Kier alpha value is -1.66. The van der Waals surface area contributed by atoms with Crippen LogP contribution in [0, 0.1) is 0 Å². The van der Waals surface area contributed by atoms with Crippen LogP contribution in [0.5, 0.6) is 0 Å². The van der Waals surface area contributed by atoms with Crippen LogP contribution in [0.2, 0.25) is 0 Å². The molecule has 0 bridgehead atoms. The minimum Gasteiger partial charge on any atom is -0.363 e. The normalized spacial score (nSPS) is 23.8. The number of likely N-dealkylation sites (tertiary alicyclic amines) is 1. The molecule has 136 valence electrons. The van der Waals surface area contributed by atoms with Crippen molar-refractivity contribution in [2.75, 3.05) is 19.6 Å². The summed E-state index contributed by atoms with van der Waals surface area (Å²) < 4.78 is 0. The molecule has 2 atom stereocenters. The van der Waals surface area contributed by atoms with Crippen molar-refractivity contribution in [3.63, 3.8) is 0 Å². The maximum atomic E-state index is 12.9. The molecule has 2 aliphatic rings. The average Bonchev–Trinajstić information content (AvgIpc) is 2.86. The van der Waals surface area contributed by atoms with Gasteiger partial charge in [0.25, 0.3) is 0 Å². The third kappa shape index (κ3) is 3.37. The summed E-state index contributed by atoms with van der Waals surface area (Å²) in [6, 6.07) is 10.2. The maximum Gasteiger partial charge on any atom is 0.241 e. The first-order valence-corrected chi connectivity index (χ1v) is 9.58. The quantitative estimate of drug-likeness (QED) is 0.810. The average molecular weight is 361 g/mol. The lowest BCUT2D eigenvalue weighted by molar-refractivity contribution is -0.136. The molecule has 2 unspecified atom stereocenters. The number of hydrogen-bond acceptors (Lipinski definition) is 3. The van der Waals surface area contributed by atoms with E-state index in [0.29, 0.717) is 0 Å². The third-order valence-corrected chi connectivity index (χ3v) is 5.83. The van der Waals surface area contributed by atoms with Crippen molar-refractivity contribution in [2.24, 2.45) is 0 Å². The van der Waals surface area contributed by atoms with Crippen molar-refractivity contribution in [2.45, 2.75) is 51.4 Å². The second kappa shape index (κ2) is 7.30. The lowest BCUT2D eigenvalue weighted by Crippen LogP contribution is -2.60. The van der Waals surface area contributed by atoms with E-state index < -0.39 is 0 Å². The first kappa shape index (κ1) is 18.1. The van der Waals surface area contributed by atoms with Crippen LogP contribution in [0.4, 0.5) is 0 Å². The van der Waals surface area contributed by atoms with E-state index in [1.54, 1.807) is 0 Å². The second-order valence-electron chi connectivity index (χ2n) is 7.02. The van der Waals surface area contributed by atoms with Gasteiger partial charge in [0.2, 0.25) is 5.91 Å². The molecule has 2 heterocycles. The highest BCUT2D eigenvalue weighted by molar-refractivity contribution is 7.80. The summed E-state index contributed by atoms with van der Waals surface area (Å²) in [6.07, 6.45) is 1.76. The van der Waals surface area contributed by atoms with Crippen molar-refractivity contribution >= 4 is 23.2 Å². The molecule has 25 heavy (non-hydrogen) atoms. The number of thiocarbonyl (C=S) groups is 1. The number of carbonyl (C=O) groups excluding carboxylic acids is 1. The van der Waals surface area contributed by atoms with E-state index in [1.165, 1.54) is 5.56 Å². The Morgan fingerprint density at radius 3 is 2.60 bits per heavy atom. The third-order valence-electron chi connectivity index (χ3n) is 5.43. The van der Waals surface area contributed by atoms with Gasteiger partial charge >= 0.3 is 0 Å². The van der Waals surface area contributed by atoms with Gasteiger partial charge < -0.3 is 15.1 Å². The summed E-state index contributed by atoms with van der Waals surface area (Å²) in [4.78, 5) is 17.2. The number of amides is 1. The summed E-state index contributed by atoms with van der Waals surface area (Å²) in [7, 11) is 0. The Balaban J connectivity index is 1.80. The second-order valence-corrected chi connectivity index (χ2v) is 7.40. The van der Waals surface area contributed by atoms with Crippen molar-refractivity contribution in [3.8, 4) is 0 Å². The minimum atomic E-state index is -0.274. The lowest BCUT2D eigenvalue weighted by atomic mass is 9.93. The van der Waals surface area contributed by atoms with Crippen LogP contribution in [0.3, 0.4) is 0 Å². The molecule has 1 spiro atoms. The molecule has 1 aromatic rings. The molecule has 2 fully saturated rings. The van der Waals surface area contributed by atoms with Crippen molar-refractivity contribution in [1.29, 1.82) is 0 Å². The number of hydrogen-bond donors (Lipinski definition) is 2. The van der Waals surface area contributed by atoms with E-state index in [4.69, 9.17) is 12.2 Å². The predicted molar refractivity (Wildman–Crippen MR) is 104 cm³/mol. The zero-order valence-corrected chi connectivity index (χ0v) is 16.1. The first-order chi connectivity index (χ1) is 12.0. The Bertz CT molecular complexity index is 628. The molecule has 1 aromatic carbocycles. The molecule has 6 heteroatoms. The molecule has 0 aromatic heterocycles. The molecule has 2 N–H and O–H groups in total. The molecular formula is C19H28N4OS. The van der Waals surface area contributed by atoms with E-state index in [2.05, 4.69) is 46.4 Å². The zero-order chi connectivity index (χ0) is 18.0. The monoisotopic (exact) mass is 360 g/mol. The summed E-state index contributed by atoms with van der Waals surface area (Å²) in [6.45, 7) is 8.71. The highest BCUT2D eigenvalue weighted by atomic mass is 32.1. The van der Waals surface area contributed by atoms with E-state index in [-0.39, 0.29) is 23.7 Å². The number of benzene rings is 1. The molecular weight excluding hydrogens is 332 g/mol. The SMILES string of the molecule is CCNC(=S)N1CCC2(CC1)NC(C)C(=O)N2C(C)c1ccccc1. The van der Waals surface area contributed by atoms with Crippen LogP contribution < -0.4 is 10.6 Å². The molecule has 3 rings (SSSR count). The van der Waals surface area contributed by atoms with Gasteiger partial charge in [0.05, 0.1) is 17.7 Å². The standard InChI is InChI=1S/C19H28N4OS/c1-4-20-18(25)22-12-10-19(11-13-22)21-14(2)17(24)23(19)15(3)16-8-6-5-7-9-16/h5-9,14-15,21H,4,10-13H2,1-3H3,(H,20,25). The van der Waals surface area contributed by atoms with Gasteiger partial charge in [-0.15, -0.1) is 0 Å². The Morgan fingerprint density at radius 2 is 2.00 bits per heavy atom. The highest BCUT2D eigenvalue weighted by Gasteiger charge is 2.52. The fourth-order valence-electron chi connectivity index (χ4n) is 4.12. The van der Waals surface area contributed by atoms with Crippen LogP contribution in [-0.2, 0) is 4.79 Å². The number of nitrogens with one attached hydrogen (secondary N) is 2. The van der Waals surface area contributed by atoms with E-state index >= 15 is 0 Å². The highest BCUT2D eigenvalue weighted by Crippen LogP contribution is 2.38. The maximum absolute atomic E-state index is 12.9. The van der Waals surface area contributed by atoms with Crippen LogP contribution in [0.15, 0.2) is 30.3 Å². The van der Waals surface area contributed by atoms with Gasteiger partial charge in [-0.05, 0) is 38.6 Å². The summed E-state index contributed by atoms with van der Waals surface area (Å²) in [5.74, 6) is 0.194. The molecule has 2 saturated heterocycles. The van der Waals surface area contributed by atoms with Crippen LogP contribution in [-0.4, -0.2) is 52.2 Å². The fourth-order valence-corrected chi connectivity index (χ4v) is 4.45. The topological polar surface area (TPSA) is 47.6 Å². The molecule has 2 aliphatic heterocycles. The van der Waals surface area contributed by atoms with Crippen LogP contribution in [0.1, 0.15) is 45.2 Å². The van der Waals surface area contributed by atoms with E-state index in [9.17, 15) is 4.79 Å². The van der Waals surface area contributed by atoms with Gasteiger partial charge in [-0.1, -0.05) is 30.3 Å². The number of carbonyl (C=O) groups is 1. The van der Waals surface area contributed by atoms with Gasteiger partial charge in [0.1, 0.15) is 0 Å². The Morgan fingerprint density at radius 1 is 1.36 bits per heavy atom. The summed E-state index contributed by atoms with van der Waals surface area (Å²) in [5.41, 5.74) is 0.904. The predicted octanol–water partition coefficient (Wildman–Crippen LogP) is 2.25. The fraction of sp³-hybridized carbons (Fsp3) is 0.579. The van der Waals surface area contributed by atoms with Crippen LogP contribution >= 0.6 is 12.2 Å². The number of piperidine rings is 1. The smallest absolute Gasteiger partial charge is 0.241 e. The molecule has 0 radical (unpaired) electrons. The van der Waals surface area contributed by atoms with Gasteiger partial charge in [0.15, 0.2) is 5.11 Å². The molecule has 5 nitrogen and oxygen atoms in total. The first-order valence-electron chi connectivity index (χ1n) is 9.17. The van der Waals surface area contributed by atoms with Gasteiger partial charge in [-0.2, -0.15) is 0 Å². The number of rotatable bonds is 3. The van der Waals surface area contributed by atoms with Gasteiger partial charge in [-0.3, -0.25) is 10.1 Å². The Kier molecular flexibility index (Phi) is 5.29. The van der Waals surface area contributed by atoms with Crippen molar-refractivity contribution < 1.29 is 4.79 Å². The van der Waals surface area contributed by atoms with E-state index in [1.807, 2.05) is 25.1 Å². The van der Waals surface area contributed by atoms with Gasteiger partial charge in [0, 0.05) is 32.5 Å². The zero-order valence-electron chi connectivity index (χ0n) is 15.3. The van der Waals surface area contributed by atoms with Crippen LogP contribution in [0.25, 0.3) is 0 Å². The lowest BCUT2D eigenvalue weighted by Gasteiger charge is -2.47. The Labute approximate surface area is 155 Å². The van der Waals surface area contributed by atoms with Crippen molar-refractivity contribution in [1.82, 2.24) is 20.4 Å². The molecule has 0 aliphatic carbocycles. The summed E-state index contributed by atoms with van der Waals surface area (Å²) >= 11 is 5.45. The largest absolute Gasteiger partial charge is 0.363 e. The summed E-state index contributed by atoms with van der Waals surface area (Å²) in [5, 5.41) is 7.64. The van der Waals surface area contributed by atoms with E-state index in [0.717, 1.165) is 37.6 Å². The molecule has 0 saturated carbocycles. The minimum absolute atomic E-state index is 0.0541. The number of nitrogens with zero attached hydrogens (tertiary/aromatic N) is 2. The van der Waals surface area contributed by atoms with Gasteiger partial charge in [-0.25, -0.2) is 0 Å². The van der Waals surface area contributed by atoms with Crippen molar-refractivity contribution in [3.05, 3.63) is 35.9 Å². The molecule has 1 amide bonds.